The zero-order chi connectivity index (χ0) is 14.8. The molecule has 1 N–H and O–H groups in total. The number of benzene rings is 1. The van der Waals surface area contributed by atoms with Crippen LogP contribution in [0.5, 0.6) is 0 Å². The van der Waals surface area contributed by atoms with E-state index in [1.807, 2.05) is 29.6 Å². The zero-order valence-electron chi connectivity index (χ0n) is 10.5. The van der Waals surface area contributed by atoms with E-state index in [1.54, 1.807) is 28.3 Å². The van der Waals surface area contributed by atoms with Crippen molar-refractivity contribution in [2.75, 3.05) is 0 Å². The van der Waals surface area contributed by atoms with Crippen molar-refractivity contribution in [2.24, 2.45) is 5.10 Å². The molecule has 8 heteroatoms. The van der Waals surface area contributed by atoms with Crippen LogP contribution in [0.25, 0.3) is 10.7 Å². The monoisotopic (exact) mass is 354 g/mol. The standard InChI is InChI=1S/C13H8Cl2N4S2/c14-9-4-1-3-8(11(9)15)7-16-19-12(17-18-13(19)20)10-5-2-6-21-10/h1-7H,(H,18,20). The lowest BCUT2D eigenvalue weighted by Crippen LogP contribution is -1.94. The van der Waals surface area contributed by atoms with E-state index in [1.165, 1.54) is 0 Å². The van der Waals surface area contributed by atoms with E-state index < -0.39 is 0 Å². The molecule has 106 valence electrons. The lowest BCUT2D eigenvalue weighted by Gasteiger charge is -2.01. The Kier molecular flexibility index (Phi) is 4.21. The molecule has 1 aromatic carbocycles. The molecule has 0 aliphatic heterocycles. The van der Waals surface area contributed by atoms with Crippen LogP contribution in [0.1, 0.15) is 5.56 Å². The molecular formula is C13H8Cl2N4S2. The molecule has 0 fully saturated rings. The molecular weight excluding hydrogens is 347 g/mol. The number of halogens is 2. The van der Waals surface area contributed by atoms with Gasteiger partial charge in [0.2, 0.25) is 4.77 Å². The first-order valence-corrected chi connectivity index (χ1v) is 7.91. The molecule has 0 atom stereocenters. The number of H-pyrrole nitrogens is 1. The highest BCUT2D eigenvalue weighted by Crippen LogP contribution is 2.25. The van der Waals surface area contributed by atoms with Crippen molar-refractivity contribution < 1.29 is 0 Å². The van der Waals surface area contributed by atoms with E-state index >= 15 is 0 Å². The molecule has 0 radical (unpaired) electrons. The van der Waals surface area contributed by atoms with Crippen molar-refractivity contribution in [2.45, 2.75) is 0 Å². The SMILES string of the molecule is S=c1[nH]nc(-c2cccs2)n1N=Cc1cccc(Cl)c1Cl. The van der Waals surface area contributed by atoms with E-state index in [-0.39, 0.29) is 0 Å². The Balaban J connectivity index is 2.03. The molecule has 0 bridgehead atoms. The van der Waals surface area contributed by atoms with Crippen LogP contribution in [0.15, 0.2) is 40.8 Å². The molecule has 0 saturated heterocycles. The Morgan fingerprint density at radius 2 is 2.14 bits per heavy atom. The van der Waals surface area contributed by atoms with E-state index in [0.717, 1.165) is 4.88 Å². The molecule has 0 amide bonds. The second kappa shape index (κ2) is 6.11. The zero-order valence-corrected chi connectivity index (χ0v) is 13.6. The minimum Gasteiger partial charge on any atom is -0.250 e. The third-order valence-corrected chi connectivity index (χ3v) is 4.65. The van der Waals surface area contributed by atoms with E-state index in [9.17, 15) is 0 Å². The number of hydrogen-bond donors (Lipinski definition) is 1. The van der Waals surface area contributed by atoms with Crippen molar-refractivity contribution in [3.05, 3.63) is 56.1 Å². The molecule has 2 heterocycles. The molecule has 0 aliphatic carbocycles. The van der Waals surface area contributed by atoms with Crippen LogP contribution < -0.4 is 0 Å². The van der Waals surface area contributed by atoms with Gasteiger partial charge in [0.25, 0.3) is 0 Å². The largest absolute Gasteiger partial charge is 0.250 e. The molecule has 3 rings (SSSR count). The summed E-state index contributed by atoms with van der Waals surface area (Å²) in [6.07, 6.45) is 1.61. The van der Waals surface area contributed by atoms with Crippen molar-refractivity contribution in [1.82, 2.24) is 14.9 Å². The van der Waals surface area contributed by atoms with Crippen LogP contribution >= 0.6 is 46.8 Å². The van der Waals surface area contributed by atoms with Crippen molar-refractivity contribution >= 4 is 53.0 Å². The number of rotatable bonds is 3. The fourth-order valence-electron chi connectivity index (χ4n) is 1.70. The summed E-state index contributed by atoms with van der Waals surface area (Å²) in [5.41, 5.74) is 0.712. The van der Waals surface area contributed by atoms with Gasteiger partial charge >= 0.3 is 0 Å². The summed E-state index contributed by atoms with van der Waals surface area (Å²) in [5, 5.41) is 14.2. The fraction of sp³-hybridized carbons (Fsp3) is 0. The summed E-state index contributed by atoms with van der Waals surface area (Å²) >= 11 is 18.9. The number of aromatic amines is 1. The quantitative estimate of drug-likeness (QED) is 0.539. The predicted molar refractivity (Wildman–Crippen MR) is 90.2 cm³/mol. The van der Waals surface area contributed by atoms with Crippen molar-refractivity contribution in [1.29, 1.82) is 0 Å². The first kappa shape index (κ1) is 14.5. The predicted octanol–water partition coefficient (Wildman–Crippen LogP) is 4.86. The van der Waals surface area contributed by atoms with Crippen LogP contribution in [-0.4, -0.2) is 21.1 Å². The van der Waals surface area contributed by atoms with Gasteiger partial charge in [-0.2, -0.15) is 14.9 Å². The average molecular weight is 355 g/mol. The summed E-state index contributed by atoms with van der Waals surface area (Å²) in [5.74, 6) is 0.657. The molecule has 21 heavy (non-hydrogen) atoms. The molecule has 0 unspecified atom stereocenters. The Labute approximate surface area is 139 Å². The van der Waals surface area contributed by atoms with Gasteiger partial charge in [-0.1, -0.05) is 41.4 Å². The lowest BCUT2D eigenvalue weighted by molar-refractivity contribution is 0.873. The van der Waals surface area contributed by atoms with Gasteiger partial charge in [-0.3, -0.25) is 0 Å². The number of aromatic nitrogens is 3. The third-order valence-electron chi connectivity index (χ3n) is 2.69. The maximum atomic E-state index is 6.13. The molecule has 4 nitrogen and oxygen atoms in total. The van der Waals surface area contributed by atoms with E-state index in [0.29, 0.717) is 26.2 Å². The van der Waals surface area contributed by atoms with Gasteiger partial charge in [0.1, 0.15) is 0 Å². The van der Waals surface area contributed by atoms with Crippen LogP contribution in [0.3, 0.4) is 0 Å². The Bertz CT molecular complexity index is 849. The van der Waals surface area contributed by atoms with Crippen LogP contribution in [0.2, 0.25) is 10.0 Å². The summed E-state index contributed by atoms with van der Waals surface area (Å²) in [4.78, 5) is 0.969. The number of nitrogens with zero attached hydrogens (tertiary/aromatic N) is 3. The van der Waals surface area contributed by atoms with Crippen LogP contribution in [-0.2, 0) is 0 Å². The van der Waals surface area contributed by atoms with E-state index in [4.69, 9.17) is 35.4 Å². The number of hydrogen-bond acceptors (Lipinski definition) is 4. The smallest absolute Gasteiger partial charge is 0.216 e. The average Bonchev–Trinajstić information content (AvgIpc) is 3.10. The van der Waals surface area contributed by atoms with Crippen molar-refractivity contribution in [3.8, 4) is 10.7 Å². The van der Waals surface area contributed by atoms with Crippen LogP contribution in [0, 0.1) is 4.77 Å². The Morgan fingerprint density at radius 3 is 2.90 bits per heavy atom. The fourth-order valence-corrected chi connectivity index (χ4v) is 2.94. The summed E-state index contributed by atoms with van der Waals surface area (Å²) < 4.78 is 1.96. The number of thiophene rings is 1. The summed E-state index contributed by atoms with van der Waals surface area (Å²) in [7, 11) is 0. The summed E-state index contributed by atoms with van der Waals surface area (Å²) in [6.45, 7) is 0. The topological polar surface area (TPSA) is 46.0 Å². The van der Waals surface area contributed by atoms with Gasteiger partial charge in [0.15, 0.2) is 5.82 Å². The normalized spacial score (nSPS) is 11.3. The lowest BCUT2D eigenvalue weighted by atomic mass is 10.2. The van der Waals surface area contributed by atoms with Gasteiger partial charge < -0.3 is 0 Å². The molecule has 0 aliphatic rings. The second-order valence-electron chi connectivity index (χ2n) is 4.03. The molecule has 0 saturated carbocycles. The summed E-state index contributed by atoms with van der Waals surface area (Å²) in [6, 6.07) is 9.26. The third kappa shape index (κ3) is 2.94. The minimum atomic E-state index is 0.410. The maximum absolute atomic E-state index is 6.13. The number of nitrogens with one attached hydrogen (secondary N) is 1. The first-order valence-electron chi connectivity index (χ1n) is 5.86. The highest BCUT2D eigenvalue weighted by Gasteiger charge is 2.09. The molecule has 3 aromatic rings. The molecule has 0 spiro atoms. The van der Waals surface area contributed by atoms with Gasteiger partial charge in [-0.05, 0) is 29.7 Å². The maximum Gasteiger partial charge on any atom is 0.216 e. The second-order valence-corrected chi connectivity index (χ2v) is 6.15. The van der Waals surface area contributed by atoms with Gasteiger partial charge in [-0.25, -0.2) is 5.10 Å². The van der Waals surface area contributed by atoms with Gasteiger partial charge in [0.05, 0.1) is 21.1 Å². The first-order chi connectivity index (χ1) is 10.2. The van der Waals surface area contributed by atoms with Gasteiger partial charge in [0, 0.05) is 5.56 Å². The Morgan fingerprint density at radius 1 is 1.29 bits per heavy atom. The molecule has 2 aromatic heterocycles. The Hall–Kier alpha value is -1.47. The van der Waals surface area contributed by atoms with Crippen molar-refractivity contribution in [3.63, 3.8) is 0 Å². The highest BCUT2D eigenvalue weighted by molar-refractivity contribution is 7.71. The van der Waals surface area contributed by atoms with E-state index in [2.05, 4.69) is 15.3 Å². The minimum absolute atomic E-state index is 0.410. The van der Waals surface area contributed by atoms with Crippen LogP contribution in [0.4, 0.5) is 0 Å². The highest BCUT2D eigenvalue weighted by atomic mass is 35.5. The van der Waals surface area contributed by atoms with Gasteiger partial charge in [-0.15, -0.1) is 11.3 Å².